The highest BCUT2D eigenvalue weighted by molar-refractivity contribution is 5.22. The van der Waals surface area contributed by atoms with Crippen LogP contribution in [0.2, 0.25) is 0 Å². The molecule has 0 saturated heterocycles. The van der Waals surface area contributed by atoms with Crippen LogP contribution in [0.15, 0.2) is 0 Å². The second-order valence-corrected chi connectivity index (χ2v) is 4.06. The van der Waals surface area contributed by atoms with Gasteiger partial charge in [0.25, 0.3) is 0 Å². The standard InChI is InChI=1S/C11H21N3/c1-7-8(2)13-14(10(7)4)11(5)9(3)12-6/h9,11-12H,1-6H3. The number of rotatable bonds is 3. The highest BCUT2D eigenvalue weighted by Gasteiger charge is 2.16. The number of aromatic nitrogens is 2. The highest BCUT2D eigenvalue weighted by atomic mass is 15.3. The summed E-state index contributed by atoms with van der Waals surface area (Å²) in [6.07, 6.45) is 0. The fourth-order valence-electron chi connectivity index (χ4n) is 1.59. The van der Waals surface area contributed by atoms with Gasteiger partial charge in [0.05, 0.1) is 11.7 Å². The largest absolute Gasteiger partial charge is 0.315 e. The Labute approximate surface area is 86.5 Å². The maximum Gasteiger partial charge on any atom is 0.0644 e. The van der Waals surface area contributed by atoms with Crippen LogP contribution in [0, 0.1) is 20.8 Å². The van der Waals surface area contributed by atoms with Crippen molar-refractivity contribution in [1.29, 1.82) is 0 Å². The van der Waals surface area contributed by atoms with Gasteiger partial charge in [-0.25, -0.2) is 0 Å². The minimum atomic E-state index is 0.396. The molecule has 1 rings (SSSR count). The van der Waals surface area contributed by atoms with Crippen LogP contribution >= 0.6 is 0 Å². The van der Waals surface area contributed by atoms with Gasteiger partial charge in [-0.2, -0.15) is 5.10 Å². The molecule has 1 aromatic heterocycles. The Morgan fingerprint density at radius 1 is 1.21 bits per heavy atom. The summed E-state index contributed by atoms with van der Waals surface area (Å²) in [5.74, 6) is 0. The molecule has 1 heterocycles. The first-order valence-electron chi connectivity index (χ1n) is 5.18. The molecule has 3 nitrogen and oxygen atoms in total. The fraction of sp³-hybridized carbons (Fsp3) is 0.727. The zero-order valence-corrected chi connectivity index (χ0v) is 10.0. The summed E-state index contributed by atoms with van der Waals surface area (Å²) in [6, 6.07) is 0.833. The Morgan fingerprint density at radius 2 is 1.79 bits per heavy atom. The minimum absolute atomic E-state index is 0.396. The fourth-order valence-corrected chi connectivity index (χ4v) is 1.59. The van der Waals surface area contributed by atoms with Crippen molar-refractivity contribution in [2.24, 2.45) is 0 Å². The van der Waals surface area contributed by atoms with Crippen molar-refractivity contribution in [1.82, 2.24) is 15.1 Å². The third-order valence-corrected chi connectivity index (χ3v) is 3.25. The normalized spacial score (nSPS) is 15.6. The lowest BCUT2D eigenvalue weighted by Crippen LogP contribution is -2.31. The molecule has 0 aromatic carbocycles. The van der Waals surface area contributed by atoms with Crippen LogP contribution in [0.1, 0.15) is 36.8 Å². The number of likely N-dealkylation sites (N-methyl/N-ethyl adjacent to an activating group) is 1. The van der Waals surface area contributed by atoms with E-state index in [0.717, 1.165) is 5.69 Å². The summed E-state index contributed by atoms with van der Waals surface area (Å²) in [7, 11) is 1.99. The Kier molecular flexibility index (Phi) is 3.32. The third-order valence-electron chi connectivity index (χ3n) is 3.25. The summed E-state index contributed by atoms with van der Waals surface area (Å²) >= 11 is 0. The van der Waals surface area contributed by atoms with E-state index in [1.54, 1.807) is 0 Å². The Hall–Kier alpha value is -0.830. The molecule has 80 valence electrons. The minimum Gasteiger partial charge on any atom is -0.315 e. The molecule has 0 fully saturated rings. The average molecular weight is 195 g/mol. The van der Waals surface area contributed by atoms with Gasteiger partial charge >= 0.3 is 0 Å². The maximum absolute atomic E-state index is 4.56. The summed E-state index contributed by atoms with van der Waals surface area (Å²) in [6.45, 7) is 10.7. The van der Waals surface area contributed by atoms with E-state index in [1.807, 2.05) is 7.05 Å². The molecule has 0 aliphatic carbocycles. The van der Waals surface area contributed by atoms with Gasteiger partial charge in [0.1, 0.15) is 0 Å². The monoisotopic (exact) mass is 195 g/mol. The second kappa shape index (κ2) is 4.13. The van der Waals surface area contributed by atoms with E-state index in [1.165, 1.54) is 11.3 Å². The van der Waals surface area contributed by atoms with Crippen molar-refractivity contribution >= 4 is 0 Å². The van der Waals surface area contributed by atoms with Crippen molar-refractivity contribution < 1.29 is 0 Å². The molecular weight excluding hydrogens is 174 g/mol. The Morgan fingerprint density at radius 3 is 2.14 bits per heavy atom. The van der Waals surface area contributed by atoms with Crippen molar-refractivity contribution in [3.63, 3.8) is 0 Å². The van der Waals surface area contributed by atoms with E-state index in [-0.39, 0.29) is 0 Å². The number of aryl methyl sites for hydroxylation is 1. The number of nitrogens with one attached hydrogen (secondary N) is 1. The van der Waals surface area contributed by atoms with Gasteiger partial charge in [0, 0.05) is 11.7 Å². The lowest BCUT2D eigenvalue weighted by atomic mass is 10.1. The molecule has 0 radical (unpaired) electrons. The van der Waals surface area contributed by atoms with E-state index in [2.05, 4.69) is 49.7 Å². The van der Waals surface area contributed by atoms with Crippen molar-refractivity contribution in [2.75, 3.05) is 7.05 Å². The third kappa shape index (κ3) is 1.82. The summed E-state index contributed by atoms with van der Waals surface area (Å²) in [4.78, 5) is 0. The molecule has 0 spiro atoms. The van der Waals surface area contributed by atoms with Gasteiger partial charge in [-0.05, 0) is 47.2 Å². The zero-order chi connectivity index (χ0) is 10.9. The molecular formula is C11H21N3. The predicted octanol–water partition coefficient (Wildman–Crippen LogP) is 1.98. The molecule has 0 aliphatic heterocycles. The molecule has 3 heteroatoms. The van der Waals surface area contributed by atoms with Crippen molar-refractivity contribution in [3.05, 3.63) is 17.0 Å². The first-order chi connectivity index (χ1) is 6.49. The molecule has 2 atom stereocenters. The quantitative estimate of drug-likeness (QED) is 0.799. The van der Waals surface area contributed by atoms with Gasteiger partial charge in [0.2, 0.25) is 0 Å². The van der Waals surface area contributed by atoms with E-state index >= 15 is 0 Å². The maximum atomic E-state index is 4.56. The summed E-state index contributed by atoms with van der Waals surface area (Å²) in [5.41, 5.74) is 3.72. The van der Waals surface area contributed by atoms with Crippen LogP contribution in [0.3, 0.4) is 0 Å². The van der Waals surface area contributed by atoms with E-state index in [4.69, 9.17) is 0 Å². The van der Waals surface area contributed by atoms with Crippen molar-refractivity contribution in [2.45, 2.75) is 46.7 Å². The van der Waals surface area contributed by atoms with E-state index in [9.17, 15) is 0 Å². The smallest absolute Gasteiger partial charge is 0.0644 e. The van der Waals surface area contributed by atoms with Crippen LogP contribution in [-0.4, -0.2) is 22.9 Å². The second-order valence-electron chi connectivity index (χ2n) is 4.06. The summed E-state index contributed by atoms with van der Waals surface area (Å²) < 4.78 is 2.12. The Balaban J connectivity index is 3.01. The number of nitrogens with zero attached hydrogens (tertiary/aromatic N) is 2. The molecule has 2 unspecified atom stereocenters. The van der Waals surface area contributed by atoms with E-state index < -0.39 is 0 Å². The van der Waals surface area contributed by atoms with Crippen LogP contribution in [0.5, 0.6) is 0 Å². The zero-order valence-electron chi connectivity index (χ0n) is 10.0. The topological polar surface area (TPSA) is 29.9 Å². The van der Waals surface area contributed by atoms with Crippen LogP contribution in [0.25, 0.3) is 0 Å². The SMILES string of the molecule is CNC(C)C(C)n1nc(C)c(C)c1C. The van der Waals surface area contributed by atoms with Gasteiger partial charge in [-0.3, -0.25) is 4.68 Å². The van der Waals surface area contributed by atoms with Gasteiger partial charge in [-0.15, -0.1) is 0 Å². The van der Waals surface area contributed by atoms with Crippen molar-refractivity contribution in [3.8, 4) is 0 Å². The van der Waals surface area contributed by atoms with Crippen LogP contribution in [-0.2, 0) is 0 Å². The summed E-state index contributed by atoms with van der Waals surface area (Å²) in [5, 5.41) is 7.81. The number of hydrogen-bond acceptors (Lipinski definition) is 2. The lowest BCUT2D eigenvalue weighted by Gasteiger charge is -2.21. The first-order valence-corrected chi connectivity index (χ1v) is 5.18. The molecule has 1 aromatic rings. The Bertz CT molecular complexity index is 315. The van der Waals surface area contributed by atoms with Crippen LogP contribution in [0.4, 0.5) is 0 Å². The molecule has 0 amide bonds. The molecule has 0 bridgehead atoms. The molecule has 1 N–H and O–H groups in total. The molecule has 0 saturated carbocycles. The lowest BCUT2D eigenvalue weighted by molar-refractivity contribution is 0.377. The first kappa shape index (κ1) is 11.2. The molecule has 0 aliphatic rings. The van der Waals surface area contributed by atoms with E-state index in [0.29, 0.717) is 12.1 Å². The predicted molar refractivity (Wildman–Crippen MR) is 59.7 cm³/mol. The molecule has 14 heavy (non-hydrogen) atoms. The average Bonchev–Trinajstić information content (AvgIpc) is 2.43. The number of hydrogen-bond donors (Lipinski definition) is 1. The van der Waals surface area contributed by atoms with Crippen LogP contribution < -0.4 is 5.32 Å². The highest BCUT2D eigenvalue weighted by Crippen LogP contribution is 2.18. The van der Waals surface area contributed by atoms with Gasteiger partial charge in [-0.1, -0.05) is 0 Å². The van der Waals surface area contributed by atoms with Gasteiger partial charge < -0.3 is 5.32 Å². The van der Waals surface area contributed by atoms with Gasteiger partial charge in [0.15, 0.2) is 0 Å².